The van der Waals surface area contributed by atoms with Crippen LogP contribution < -0.4 is 5.32 Å². The Balaban J connectivity index is 0.000000196. The van der Waals surface area contributed by atoms with Crippen molar-refractivity contribution in [3.63, 3.8) is 0 Å². The van der Waals surface area contributed by atoms with Crippen LogP contribution in [0.3, 0.4) is 0 Å². The van der Waals surface area contributed by atoms with Gasteiger partial charge in [0.1, 0.15) is 69.9 Å². The quantitative estimate of drug-likeness (QED) is 0.152. The molecule has 30 heteroatoms. The van der Waals surface area contributed by atoms with Crippen LogP contribution in [0.25, 0.3) is 0 Å². The van der Waals surface area contributed by atoms with Gasteiger partial charge >= 0.3 is 66.4 Å². The number of carbonyl (C=O) groups is 12. The van der Waals surface area contributed by atoms with Crippen molar-refractivity contribution in [2.75, 3.05) is 33.5 Å². The highest BCUT2D eigenvalue weighted by Gasteiger charge is 2.62. The molecule has 16 atom stereocenters. The van der Waals surface area contributed by atoms with Crippen molar-refractivity contribution in [2.45, 2.75) is 323 Å². The lowest BCUT2D eigenvalue weighted by Crippen LogP contribution is -2.48. The normalized spacial score (nSPS) is 28.6. The van der Waals surface area contributed by atoms with Crippen molar-refractivity contribution in [3.8, 4) is 0 Å². The Morgan fingerprint density at radius 2 is 0.558 bits per heavy atom. The summed E-state index contributed by atoms with van der Waals surface area (Å²) in [5.74, 6) is -0.143. The van der Waals surface area contributed by atoms with Gasteiger partial charge in [-0.05, 0) is 253 Å². The molecule has 10 fully saturated rings. The smallest absolute Gasteiger partial charge is 0.415 e. The Labute approximate surface area is 613 Å². The number of nitrogens with zero attached hydrogens (tertiary/aromatic N) is 6. The molecule has 0 aromatic rings. The molecule has 5 saturated heterocycles. The zero-order valence-corrected chi connectivity index (χ0v) is 65.6. The van der Waals surface area contributed by atoms with E-state index in [0.717, 1.165) is 38.5 Å². The van der Waals surface area contributed by atoms with Crippen molar-refractivity contribution >= 4 is 72.3 Å². The molecule has 0 bridgehead atoms. The molecule has 30 nitrogen and oxygen atoms in total. The maximum absolute atomic E-state index is 12.1. The van der Waals surface area contributed by atoms with Crippen molar-refractivity contribution in [1.82, 2.24) is 34.7 Å². The molecule has 0 aromatic heterocycles. The zero-order valence-electron chi connectivity index (χ0n) is 65.6. The lowest BCUT2D eigenvalue weighted by Gasteiger charge is -2.29. The number of rotatable bonds is 10. The van der Waals surface area contributed by atoms with Crippen LogP contribution in [-0.4, -0.2) is 240 Å². The van der Waals surface area contributed by atoms with Gasteiger partial charge in [0.2, 0.25) is 5.91 Å². The number of carbonyl (C=O) groups excluding carboxylic acids is 11. The summed E-state index contributed by atoms with van der Waals surface area (Å²) < 4.78 is 51.8. The Morgan fingerprint density at radius 3 is 0.798 bits per heavy atom. The van der Waals surface area contributed by atoms with Gasteiger partial charge in [-0.15, -0.1) is 0 Å². The van der Waals surface area contributed by atoms with Crippen LogP contribution in [0.15, 0.2) is 12.3 Å². The summed E-state index contributed by atoms with van der Waals surface area (Å²) in [6, 6.07) is -2.17. The summed E-state index contributed by atoms with van der Waals surface area (Å²) in [6.07, 6.45) is 9.55. The largest absolute Gasteiger partial charge is 0.480 e. The van der Waals surface area contributed by atoms with Gasteiger partial charge in [0.05, 0.1) is 26.4 Å². The molecule has 0 radical (unpaired) electrons. The number of fused-ring (bicyclic) bond motifs is 5. The van der Waals surface area contributed by atoms with Crippen molar-refractivity contribution < 1.29 is 110 Å². The van der Waals surface area contributed by atoms with Gasteiger partial charge in [0, 0.05) is 43.5 Å². The Morgan fingerprint density at radius 1 is 0.337 bits per heavy atom. The molecule has 6 heterocycles. The Kier molecular flexibility index (Phi) is 27.6. The maximum atomic E-state index is 12.1. The van der Waals surface area contributed by atoms with E-state index >= 15 is 0 Å². The molecular formula is C74H119N7O23. The highest BCUT2D eigenvalue weighted by Crippen LogP contribution is 2.52. The van der Waals surface area contributed by atoms with Gasteiger partial charge in [0.15, 0.2) is 0 Å². The SMILES string of the molecule is CC(C)(C)OC(=O)N1[C@H](C(=O)O)C[C@@H]2C[C@@H]21.CCOC(=O)[C@@H]1CC2CC2N1C(=O)OC(C)(C)C.CCOC(=O)[C@@H]1CC=CN1C(=O)OC(C)(C)C.CCOC(=O)[C@@H]1C[C@@H]2C[C@@H]2N1C(=O)OC(C)(C)C.CCOC(=O)[C@@H]1C[C@@H]2C[C@@H]2N1C(=O)OC(C)(C)C.CNC(=O)[C@@H]1CC2CC2N1C(=O)OC(C)(C)C. The number of piperidine rings is 5. The molecule has 6 aliphatic heterocycles. The maximum Gasteiger partial charge on any atom is 0.415 e. The van der Waals surface area contributed by atoms with Gasteiger partial charge in [-0.25, -0.2) is 52.7 Å². The number of ether oxygens (including phenoxy) is 10. The second kappa shape index (κ2) is 33.7. The molecule has 588 valence electrons. The zero-order chi connectivity index (χ0) is 78.4. The first kappa shape index (κ1) is 85.1. The fraction of sp³-hybridized carbons (Fsp3) is 0.811. The monoisotopic (exact) mass is 1470 g/mol. The van der Waals surface area contributed by atoms with Crippen molar-refractivity contribution in [2.24, 2.45) is 29.6 Å². The number of nitrogens with one attached hydrogen (secondary N) is 1. The van der Waals surface area contributed by atoms with E-state index < -0.39 is 106 Å². The molecule has 7 amide bonds. The molecule has 5 aliphatic carbocycles. The van der Waals surface area contributed by atoms with E-state index in [1.54, 1.807) is 108 Å². The fourth-order valence-electron chi connectivity index (χ4n) is 13.6. The average molecular weight is 1470 g/mol. The molecule has 11 rings (SSSR count). The van der Waals surface area contributed by atoms with Crippen molar-refractivity contribution in [1.29, 1.82) is 0 Å². The van der Waals surface area contributed by atoms with Gasteiger partial charge in [-0.3, -0.25) is 34.2 Å². The number of likely N-dealkylation sites (N-methyl/N-ethyl adjacent to an activating group) is 1. The third-order valence-electron chi connectivity index (χ3n) is 18.2. The summed E-state index contributed by atoms with van der Waals surface area (Å²) in [5.41, 5.74) is -3.28. The minimum Gasteiger partial charge on any atom is -0.480 e. The molecule has 11 aliphatic rings. The van der Waals surface area contributed by atoms with E-state index in [1.807, 2.05) is 83.1 Å². The fourth-order valence-corrected chi connectivity index (χ4v) is 13.6. The van der Waals surface area contributed by atoms with E-state index in [1.165, 1.54) is 9.80 Å². The van der Waals surface area contributed by atoms with E-state index in [9.17, 15) is 57.5 Å². The van der Waals surface area contributed by atoms with Crippen molar-refractivity contribution in [3.05, 3.63) is 12.3 Å². The van der Waals surface area contributed by atoms with Gasteiger partial charge < -0.3 is 57.8 Å². The van der Waals surface area contributed by atoms with E-state index in [0.29, 0.717) is 88.1 Å². The van der Waals surface area contributed by atoms with Gasteiger partial charge in [-0.1, -0.05) is 6.08 Å². The standard InChI is InChI=1S/3C13H21NO4.C12H20N2O3.C12H19NO4.C11H17NO4/c3*1-5-17-11(15)10-7-8-6-9(8)14(10)12(16)18-13(2,3)4;1-12(2,3)17-11(16)14-8-5-7(8)6-9(14)10(15)13-4;1-5-16-10(14)9-7-6-8-13(9)11(15)17-12(2,3)4;1-11(2,3)16-10(15)12-7-4-6(7)5-8(12)9(13)14/h3*8-10H,5-7H2,1-4H3;7-9H,5-6H2,1-4H3,(H,13,15);6,8-9H,5,7H2,1-4H3;6-8H,4-5H2,1-3H3,(H,13,14)/t8?,9?,10-;2*8-,9-,10-;7?,8?,9-;9-;6-,7-,8-/m000000/s1. The second-order valence-corrected chi connectivity index (χ2v) is 34.0. The second-order valence-electron chi connectivity index (χ2n) is 34.0. The van der Waals surface area contributed by atoms with Gasteiger partial charge in [-0.2, -0.15) is 0 Å². The predicted molar refractivity (Wildman–Crippen MR) is 376 cm³/mol. The summed E-state index contributed by atoms with van der Waals surface area (Å²) in [5, 5.41) is 11.6. The first-order valence-electron chi connectivity index (χ1n) is 36.8. The molecule has 0 aromatic carbocycles. The van der Waals surface area contributed by atoms with Crippen LogP contribution in [0, 0.1) is 29.6 Å². The number of carboxylic acid groups (broad SMARTS) is 1. The Bertz CT molecular complexity index is 2990. The summed E-state index contributed by atoms with van der Waals surface area (Å²) in [7, 11) is 1.60. The number of carboxylic acids is 1. The van der Waals surface area contributed by atoms with Crippen LogP contribution >= 0.6 is 0 Å². The summed E-state index contributed by atoms with van der Waals surface area (Å²) in [6.45, 7) is 41.0. The lowest BCUT2D eigenvalue weighted by molar-refractivity contribution is -0.149. The van der Waals surface area contributed by atoms with Crippen LogP contribution in [0.5, 0.6) is 0 Å². The molecule has 104 heavy (non-hydrogen) atoms. The highest BCUT2D eigenvalue weighted by atomic mass is 16.6. The van der Waals surface area contributed by atoms with Crippen LogP contribution in [-0.2, 0) is 76.1 Å². The topological polar surface area (TPSA) is 349 Å². The molecule has 0 spiro atoms. The average Bonchev–Trinajstić information content (AvgIpc) is 1.62. The summed E-state index contributed by atoms with van der Waals surface area (Å²) >= 11 is 0. The molecular weight excluding hydrogens is 1350 g/mol. The van der Waals surface area contributed by atoms with Crippen LogP contribution in [0.1, 0.15) is 223 Å². The number of hydrogen-bond donors (Lipinski definition) is 2. The van der Waals surface area contributed by atoms with E-state index in [4.69, 9.17) is 52.5 Å². The van der Waals surface area contributed by atoms with E-state index in [2.05, 4.69) is 5.32 Å². The van der Waals surface area contributed by atoms with E-state index in [-0.39, 0.29) is 66.2 Å². The van der Waals surface area contributed by atoms with Gasteiger partial charge in [0.25, 0.3) is 0 Å². The Hall–Kier alpha value is -7.82. The third-order valence-corrected chi connectivity index (χ3v) is 18.2. The molecule has 2 N–H and O–H groups in total. The van der Waals surface area contributed by atoms with Crippen LogP contribution in [0.2, 0.25) is 0 Å². The number of hydrogen-bond acceptors (Lipinski definition) is 22. The number of aliphatic carboxylic acids is 1. The van der Waals surface area contributed by atoms with Crippen LogP contribution in [0.4, 0.5) is 28.8 Å². The number of esters is 4. The first-order chi connectivity index (χ1) is 48.0. The third kappa shape index (κ3) is 24.1. The number of amides is 7. The number of likely N-dealkylation sites (tertiary alicyclic amines) is 5. The minimum absolute atomic E-state index is 0.0935. The predicted octanol–water partition coefficient (Wildman–Crippen LogP) is 10.5. The summed E-state index contributed by atoms with van der Waals surface area (Å²) in [4.78, 5) is 151. The highest BCUT2D eigenvalue weighted by molar-refractivity contribution is 5.88. The molecule has 5 saturated carbocycles. The minimum atomic E-state index is -0.932. The molecule has 4 unspecified atom stereocenters. The first-order valence-corrected chi connectivity index (χ1v) is 36.8. The lowest BCUT2D eigenvalue weighted by atomic mass is 10.1.